The largest absolute Gasteiger partial charge is 0.490 e. The van der Waals surface area contributed by atoms with E-state index >= 15 is 0 Å². The summed E-state index contributed by atoms with van der Waals surface area (Å²) in [7, 11) is 0. The Labute approximate surface area is 202 Å². The molecule has 4 aromatic rings. The van der Waals surface area contributed by atoms with Crippen LogP contribution in [0.1, 0.15) is 40.2 Å². The van der Waals surface area contributed by atoms with Crippen molar-refractivity contribution < 1.29 is 18.7 Å². The van der Waals surface area contributed by atoms with Crippen LogP contribution in [-0.2, 0) is 6.54 Å². The fraction of sp³-hybridized carbons (Fsp3) is 0.179. The summed E-state index contributed by atoms with van der Waals surface area (Å²) >= 11 is 0. The number of aromatic nitrogens is 1. The van der Waals surface area contributed by atoms with E-state index in [2.05, 4.69) is 11.6 Å². The molecule has 5 rings (SSSR count). The van der Waals surface area contributed by atoms with Gasteiger partial charge in [-0.15, -0.1) is 0 Å². The first-order chi connectivity index (χ1) is 17.1. The quantitative estimate of drug-likeness (QED) is 0.342. The van der Waals surface area contributed by atoms with Gasteiger partial charge in [0, 0.05) is 18.9 Å². The van der Waals surface area contributed by atoms with Crippen LogP contribution >= 0.6 is 0 Å². The lowest BCUT2D eigenvalue weighted by Crippen LogP contribution is -2.29. The van der Waals surface area contributed by atoms with Crippen LogP contribution in [0.2, 0.25) is 0 Å². The van der Waals surface area contributed by atoms with Gasteiger partial charge in [0.1, 0.15) is 12.2 Å². The highest BCUT2D eigenvalue weighted by Crippen LogP contribution is 2.41. The lowest BCUT2D eigenvalue weighted by atomic mass is 9.98. The van der Waals surface area contributed by atoms with Crippen molar-refractivity contribution in [3.63, 3.8) is 0 Å². The number of pyridine rings is 1. The highest BCUT2D eigenvalue weighted by Gasteiger charge is 2.43. The SMILES string of the molecule is C=CCOc1ccc([C@@H]2c3c(oc4ccccc4c3=O)C(=O)N2Cc2cccnc2)cc1OCC. The number of hydrogen-bond acceptors (Lipinski definition) is 6. The van der Waals surface area contributed by atoms with Crippen LogP contribution in [0, 0.1) is 0 Å². The van der Waals surface area contributed by atoms with Crippen molar-refractivity contribution >= 4 is 16.9 Å². The van der Waals surface area contributed by atoms with Crippen LogP contribution in [0.4, 0.5) is 0 Å². The van der Waals surface area contributed by atoms with Crippen LogP contribution < -0.4 is 14.9 Å². The van der Waals surface area contributed by atoms with Gasteiger partial charge in [0.25, 0.3) is 5.91 Å². The standard InChI is InChI=1S/C28H24N2O5/c1-3-14-34-22-12-11-19(15-23(22)33-4-2)25-24-26(31)20-9-5-6-10-21(20)35-27(24)28(32)30(25)17-18-8-7-13-29-16-18/h3,5-13,15-16,25H,1,4,14,17H2,2H3/t25-/m1/s1. The van der Waals surface area contributed by atoms with Gasteiger partial charge in [-0.1, -0.05) is 36.9 Å². The fourth-order valence-corrected chi connectivity index (χ4v) is 4.40. The Hall–Kier alpha value is -4.39. The van der Waals surface area contributed by atoms with E-state index in [4.69, 9.17) is 13.9 Å². The first-order valence-corrected chi connectivity index (χ1v) is 11.4. The van der Waals surface area contributed by atoms with Gasteiger partial charge >= 0.3 is 0 Å². The van der Waals surface area contributed by atoms with Gasteiger partial charge in [-0.3, -0.25) is 14.6 Å². The van der Waals surface area contributed by atoms with E-state index < -0.39 is 6.04 Å². The lowest BCUT2D eigenvalue weighted by molar-refractivity contribution is 0.0714. The molecule has 176 valence electrons. The second kappa shape index (κ2) is 9.46. The molecule has 1 amide bonds. The van der Waals surface area contributed by atoms with Crippen molar-refractivity contribution in [2.45, 2.75) is 19.5 Å². The first-order valence-electron chi connectivity index (χ1n) is 11.4. The van der Waals surface area contributed by atoms with E-state index in [9.17, 15) is 9.59 Å². The molecule has 2 aromatic carbocycles. The molecule has 2 aromatic heterocycles. The van der Waals surface area contributed by atoms with Crippen molar-refractivity contribution in [2.75, 3.05) is 13.2 Å². The molecule has 0 bridgehead atoms. The summed E-state index contributed by atoms with van der Waals surface area (Å²) in [6, 6.07) is 15.5. The van der Waals surface area contributed by atoms with E-state index in [-0.39, 0.29) is 23.6 Å². The monoisotopic (exact) mass is 468 g/mol. The second-order valence-corrected chi connectivity index (χ2v) is 8.11. The Morgan fingerprint density at radius 1 is 1.09 bits per heavy atom. The molecular weight excluding hydrogens is 444 g/mol. The fourth-order valence-electron chi connectivity index (χ4n) is 4.40. The van der Waals surface area contributed by atoms with E-state index in [1.54, 1.807) is 53.7 Å². The molecule has 35 heavy (non-hydrogen) atoms. The Bertz CT molecular complexity index is 1460. The Morgan fingerprint density at radius 2 is 1.94 bits per heavy atom. The predicted octanol–water partition coefficient (Wildman–Crippen LogP) is 4.90. The number of amides is 1. The smallest absolute Gasteiger partial charge is 0.291 e. The summed E-state index contributed by atoms with van der Waals surface area (Å²) in [5.74, 6) is 0.804. The summed E-state index contributed by atoms with van der Waals surface area (Å²) in [6.45, 7) is 6.59. The number of benzene rings is 2. The second-order valence-electron chi connectivity index (χ2n) is 8.11. The van der Waals surface area contributed by atoms with E-state index in [1.807, 2.05) is 31.2 Å². The zero-order valence-corrected chi connectivity index (χ0v) is 19.3. The number of para-hydroxylation sites is 1. The molecule has 0 saturated heterocycles. The van der Waals surface area contributed by atoms with Gasteiger partial charge in [-0.25, -0.2) is 0 Å². The topological polar surface area (TPSA) is 81.9 Å². The van der Waals surface area contributed by atoms with E-state index in [0.717, 1.165) is 11.1 Å². The predicted molar refractivity (Wildman–Crippen MR) is 132 cm³/mol. The Morgan fingerprint density at radius 3 is 2.71 bits per heavy atom. The summed E-state index contributed by atoms with van der Waals surface area (Å²) in [5.41, 5.74) is 2.04. The number of hydrogen-bond donors (Lipinski definition) is 0. The van der Waals surface area contributed by atoms with Crippen molar-refractivity contribution in [1.29, 1.82) is 0 Å². The zero-order chi connectivity index (χ0) is 24.4. The van der Waals surface area contributed by atoms with Crippen molar-refractivity contribution in [2.24, 2.45) is 0 Å². The first kappa shape index (κ1) is 22.4. The van der Waals surface area contributed by atoms with E-state index in [0.29, 0.717) is 41.2 Å². The Balaban J connectivity index is 1.69. The number of nitrogens with zero attached hydrogens (tertiary/aromatic N) is 2. The maximum Gasteiger partial charge on any atom is 0.291 e. The molecule has 1 aliphatic rings. The lowest BCUT2D eigenvalue weighted by Gasteiger charge is -2.26. The average Bonchev–Trinajstić information content (AvgIpc) is 3.15. The molecule has 7 nitrogen and oxygen atoms in total. The summed E-state index contributed by atoms with van der Waals surface area (Å²) in [5, 5.41) is 0.434. The zero-order valence-electron chi connectivity index (χ0n) is 19.3. The van der Waals surface area contributed by atoms with Crippen LogP contribution in [0.5, 0.6) is 11.5 Å². The van der Waals surface area contributed by atoms with Gasteiger partial charge in [0.15, 0.2) is 16.9 Å². The third-order valence-corrected chi connectivity index (χ3v) is 5.89. The molecule has 0 fully saturated rings. The molecule has 0 unspecified atom stereocenters. The number of ether oxygens (including phenoxy) is 2. The van der Waals surface area contributed by atoms with Crippen LogP contribution in [-0.4, -0.2) is 29.0 Å². The van der Waals surface area contributed by atoms with E-state index in [1.165, 1.54) is 0 Å². The summed E-state index contributed by atoms with van der Waals surface area (Å²) < 4.78 is 17.6. The van der Waals surface area contributed by atoms with Crippen LogP contribution in [0.15, 0.2) is 88.9 Å². The maximum absolute atomic E-state index is 13.6. The molecule has 0 N–H and O–H groups in total. The van der Waals surface area contributed by atoms with Crippen molar-refractivity contribution in [3.05, 3.63) is 112 Å². The minimum atomic E-state index is -0.661. The third-order valence-electron chi connectivity index (χ3n) is 5.89. The van der Waals surface area contributed by atoms with Gasteiger partial charge in [-0.05, 0) is 48.4 Å². The third kappa shape index (κ3) is 4.05. The number of rotatable bonds is 8. The highest BCUT2D eigenvalue weighted by atomic mass is 16.5. The minimum Gasteiger partial charge on any atom is -0.490 e. The molecular formula is C28H24N2O5. The van der Waals surface area contributed by atoms with Gasteiger partial charge < -0.3 is 18.8 Å². The molecule has 0 aliphatic carbocycles. The molecule has 7 heteroatoms. The van der Waals surface area contributed by atoms with Gasteiger partial charge in [0.05, 0.1) is 23.6 Å². The minimum absolute atomic E-state index is 0.0625. The van der Waals surface area contributed by atoms with Crippen LogP contribution in [0.3, 0.4) is 0 Å². The van der Waals surface area contributed by atoms with Crippen molar-refractivity contribution in [3.8, 4) is 11.5 Å². The number of carbonyl (C=O) groups excluding carboxylic acids is 1. The van der Waals surface area contributed by atoms with Gasteiger partial charge in [-0.2, -0.15) is 0 Å². The molecule has 1 aliphatic heterocycles. The molecule has 1 atom stereocenters. The highest BCUT2D eigenvalue weighted by molar-refractivity contribution is 5.99. The van der Waals surface area contributed by atoms with Gasteiger partial charge in [0.2, 0.25) is 5.76 Å². The maximum atomic E-state index is 13.6. The molecule has 0 radical (unpaired) electrons. The summed E-state index contributed by atoms with van der Waals surface area (Å²) in [4.78, 5) is 33.1. The van der Waals surface area contributed by atoms with Crippen LogP contribution in [0.25, 0.3) is 11.0 Å². The molecule has 0 saturated carbocycles. The number of fused-ring (bicyclic) bond motifs is 2. The Kier molecular flexibility index (Phi) is 6.06. The molecule has 3 heterocycles. The molecule has 0 spiro atoms. The van der Waals surface area contributed by atoms with Crippen molar-refractivity contribution in [1.82, 2.24) is 9.88 Å². The number of carbonyl (C=O) groups is 1. The summed E-state index contributed by atoms with van der Waals surface area (Å²) in [6.07, 6.45) is 5.04. The average molecular weight is 469 g/mol. The normalized spacial score (nSPS) is 14.7.